The Bertz CT molecular complexity index is 953. The Morgan fingerprint density at radius 3 is 2.38 bits per heavy atom. The van der Waals surface area contributed by atoms with Gasteiger partial charge >= 0.3 is 0 Å². The monoisotopic (exact) mass is 351 g/mol. The standard InChI is InChI=1S/C20H18FN3O2/c1-13-11-17(16-8-7-15(21)12-18(16)24-13)20(26)23-10-9-22-19(25)14-5-3-2-4-6-14/h2-8,11-12H,9-10H2,1H3,(H,22,25)(H,23,26). The van der Waals surface area contributed by atoms with Crippen LogP contribution in [0.4, 0.5) is 4.39 Å². The van der Waals surface area contributed by atoms with Crippen LogP contribution < -0.4 is 10.6 Å². The molecule has 0 fully saturated rings. The molecule has 1 aromatic heterocycles. The van der Waals surface area contributed by atoms with E-state index in [0.717, 1.165) is 0 Å². The maximum absolute atomic E-state index is 13.4. The molecular formula is C20H18FN3O2. The van der Waals surface area contributed by atoms with Crippen LogP contribution in [0.25, 0.3) is 10.9 Å². The van der Waals surface area contributed by atoms with Crippen molar-refractivity contribution >= 4 is 22.7 Å². The number of nitrogens with one attached hydrogen (secondary N) is 2. The molecule has 0 aliphatic heterocycles. The van der Waals surface area contributed by atoms with E-state index in [-0.39, 0.29) is 18.4 Å². The predicted octanol–water partition coefficient (Wildman–Crippen LogP) is 2.84. The number of pyridine rings is 1. The molecule has 2 amide bonds. The van der Waals surface area contributed by atoms with Crippen LogP contribution in [0.3, 0.4) is 0 Å². The van der Waals surface area contributed by atoms with Gasteiger partial charge in [-0.1, -0.05) is 18.2 Å². The van der Waals surface area contributed by atoms with Gasteiger partial charge in [0.1, 0.15) is 5.82 Å². The molecule has 0 aliphatic rings. The summed E-state index contributed by atoms with van der Waals surface area (Å²) in [5.74, 6) is -0.882. The second-order valence-corrected chi connectivity index (χ2v) is 5.85. The summed E-state index contributed by atoms with van der Waals surface area (Å²) in [6, 6.07) is 14.7. The third-order valence-electron chi connectivity index (χ3n) is 3.88. The zero-order valence-electron chi connectivity index (χ0n) is 14.3. The maximum Gasteiger partial charge on any atom is 0.252 e. The minimum atomic E-state index is -0.398. The van der Waals surface area contributed by atoms with Gasteiger partial charge in [-0.05, 0) is 37.3 Å². The quantitative estimate of drug-likeness (QED) is 0.695. The summed E-state index contributed by atoms with van der Waals surface area (Å²) in [4.78, 5) is 28.7. The van der Waals surface area contributed by atoms with Gasteiger partial charge in [0.2, 0.25) is 0 Å². The summed E-state index contributed by atoms with van der Waals surface area (Å²) < 4.78 is 13.4. The molecule has 26 heavy (non-hydrogen) atoms. The van der Waals surface area contributed by atoms with E-state index in [1.165, 1.54) is 12.1 Å². The lowest BCUT2D eigenvalue weighted by Crippen LogP contribution is -2.34. The van der Waals surface area contributed by atoms with Crippen molar-refractivity contribution in [2.24, 2.45) is 0 Å². The van der Waals surface area contributed by atoms with Gasteiger partial charge in [0.15, 0.2) is 0 Å². The second kappa shape index (κ2) is 7.74. The van der Waals surface area contributed by atoms with E-state index in [9.17, 15) is 14.0 Å². The lowest BCUT2D eigenvalue weighted by atomic mass is 10.1. The predicted molar refractivity (Wildman–Crippen MR) is 97.5 cm³/mol. The van der Waals surface area contributed by atoms with Gasteiger partial charge in [0.05, 0.1) is 11.1 Å². The fourth-order valence-electron chi connectivity index (χ4n) is 2.66. The van der Waals surface area contributed by atoms with Crippen molar-refractivity contribution in [3.8, 4) is 0 Å². The SMILES string of the molecule is Cc1cc(C(=O)NCCNC(=O)c2ccccc2)c2ccc(F)cc2n1. The van der Waals surface area contributed by atoms with Crippen molar-refractivity contribution in [2.75, 3.05) is 13.1 Å². The number of nitrogens with zero attached hydrogens (tertiary/aromatic N) is 1. The van der Waals surface area contributed by atoms with Crippen molar-refractivity contribution < 1.29 is 14.0 Å². The highest BCUT2D eigenvalue weighted by atomic mass is 19.1. The number of carbonyl (C=O) groups is 2. The number of amides is 2. The summed E-state index contributed by atoms with van der Waals surface area (Å²) in [6.45, 7) is 2.33. The fourth-order valence-corrected chi connectivity index (χ4v) is 2.66. The molecule has 132 valence electrons. The van der Waals surface area contributed by atoms with Crippen molar-refractivity contribution in [2.45, 2.75) is 6.92 Å². The molecule has 0 radical (unpaired) electrons. The third-order valence-corrected chi connectivity index (χ3v) is 3.88. The number of hydrogen-bond acceptors (Lipinski definition) is 3. The summed E-state index contributed by atoms with van der Waals surface area (Å²) >= 11 is 0. The van der Waals surface area contributed by atoms with Crippen LogP contribution in [-0.4, -0.2) is 29.9 Å². The molecule has 5 nitrogen and oxygen atoms in total. The van der Waals surface area contributed by atoms with Crippen LogP contribution in [-0.2, 0) is 0 Å². The van der Waals surface area contributed by atoms with E-state index in [2.05, 4.69) is 15.6 Å². The molecule has 2 aromatic carbocycles. The molecule has 3 rings (SSSR count). The van der Waals surface area contributed by atoms with Crippen molar-refractivity contribution in [1.82, 2.24) is 15.6 Å². The van der Waals surface area contributed by atoms with Crippen molar-refractivity contribution in [1.29, 1.82) is 0 Å². The van der Waals surface area contributed by atoms with Crippen molar-refractivity contribution in [3.05, 3.63) is 77.2 Å². The zero-order valence-corrected chi connectivity index (χ0v) is 14.3. The molecule has 0 bridgehead atoms. The Labute approximate surface area is 150 Å². The lowest BCUT2D eigenvalue weighted by Gasteiger charge is -2.10. The molecule has 0 atom stereocenters. The van der Waals surface area contributed by atoms with Gasteiger partial charge in [-0.3, -0.25) is 14.6 Å². The Morgan fingerprint density at radius 2 is 1.65 bits per heavy atom. The van der Waals surface area contributed by atoms with Crippen LogP contribution in [0, 0.1) is 12.7 Å². The highest BCUT2D eigenvalue weighted by Crippen LogP contribution is 2.19. The van der Waals surface area contributed by atoms with Crippen molar-refractivity contribution in [3.63, 3.8) is 0 Å². The summed E-state index contributed by atoms with van der Waals surface area (Å²) in [5, 5.41) is 6.10. The first-order valence-corrected chi connectivity index (χ1v) is 8.23. The van der Waals surface area contributed by atoms with E-state index in [1.807, 2.05) is 6.07 Å². The number of aryl methyl sites for hydroxylation is 1. The average Bonchev–Trinajstić information content (AvgIpc) is 2.64. The van der Waals surface area contributed by atoms with Crippen LogP contribution in [0.1, 0.15) is 26.4 Å². The molecule has 0 unspecified atom stereocenters. The fraction of sp³-hybridized carbons (Fsp3) is 0.150. The van der Waals surface area contributed by atoms with E-state index in [0.29, 0.717) is 34.3 Å². The highest BCUT2D eigenvalue weighted by Gasteiger charge is 2.12. The van der Waals surface area contributed by atoms with Gasteiger partial charge in [0, 0.05) is 35.8 Å². The summed E-state index contributed by atoms with van der Waals surface area (Å²) in [6.07, 6.45) is 0. The topological polar surface area (TPSA) is 71.1 Å². The van der Waals surface area contributed by atoms with Gasteiger partial charge < -0.3 is 10.6 Å². The molecule has 0 saturated heterocycles. The van der Waals surface area contributed by atoms with Crippen LogP contribution >= 0.6 is 0 Å². The first-order valence-electron chi connectivity index (χ1n) is 8.23. The van der Waals surface area contributed by atoms with Crippen LogP contribution in [0.2, 0.25) is 0 Å². The van der Waals surface area contributed by atoms with Crippen LogP contribution in [0.5, 0.6) is 0 Å². The van der Waals surface area contributed by atoms with E-state index in [1.54, 1.807) is 43.3 Å². The number of aromatic nitrogens is 1. The molecule has 0 aliphatic carbocycles. The number of rotatable bonds is 5. The number of benzene rings is 2. The van der Waals surface area contributed by atoms with Crippen LogP contribution in [0.15, 0.2) is 54.6 Å². The lowest BCUT2D eigenvalue weighted by molar-refractivity contribution is 0.0928. The first kappa shape index (κ1) is 17.5. The zero-order chi connectivity index (χ0) is 18.5. The molecular weight excluding hydrogens is 333 g/mol. The Hall–Kier alpha value is -3.28. The normalized spacial score (nSPS) is 10.5. The molecule has 0 saturated carbocycles. The second-order valence-electron chi connectivity index (χ2n) is 5.85. The van der Waals surface area contributed by atoms with Gasteiger partial charge in [-0.15, -0.1) is 0 Å². The number of carbonyl (C=O) groups excluding carboxylic acids is 2. The number of hydrogen-bond donors (Lipinski definition) is 2. The highest BCUT2D eigenvalue weighted by molar-refractivity contribution is 6.06. The average molecular weight is 351 g/mol. The van der Waals surface area contributed by atoms with E-state index in [4.69, 9.17) is 0 Å². The summed E-state index contributed by atoms with van der Waals surface area (Å²) in [7, 11) is 0. The molecule has 1 heterocycles. The molecule has 2 N–H and O–H groups in total. The van der Waals surface area contributed by atoms with Gasteiger partial charge in [-0.25, -0.2) is 4.39 Å². The Morgan fingerprint density at radius 1 is 0.962 bits per heavy atom. The Balaban J connectivity index is 1.62. The minimum Gasteiger partial charge on any atom is -0.350 e. The minimum absolute atomic E-state index is 0.194. The molecule has 6 heteroatoms. The largest absolute Gasteiger partial charge is 0.350 e. The number of fused-ring (bicyclic) bond motifs is 1. The summed E-state index contributed by atoms with van der Waals surface area (Å²) in [5.41, 5.74) is 2.07. The third kappa shape index (κ3) is 4.03. The molecule has 3 aromatic rings. The number of halogens is 1. The van der Waals surface area contributed by atoms with Gasteiger partial charge in [-0.2, -0.15) is 0 Å². The van der Waals surface area contributed by atoms with E-state index < -0.39 is 5.82 Å². The smallest absolute Gasteiger partial charge is 0.252 e. The first-order chi connectivity index (χ1) is 12.5. The van der Waals surface area contributed by atoms with Gasteiger partial charge in [0.25, 0.3) is 11.8 Å². The maximum atomic E-state index is 13.4. The Kier molecular flexibility index (Phi) is 5.22. The van der Waals surface area contributed by atoms with E-state index >= 15 is 0 Å². The molecule has 0 spiro atoms.